The van der Waals surface area contributed by atoms with Gasteiger partial charge in [-0.2, -0.15) is 0 Å². The summed E-state index contributed by atoms with van der Waals surface area (Å²) in [5.41, 5.74) is 32.2. The molecule has 0 atom stereocenters. The summed E-state index contributed by atoms with van der Waals surface area (Å²) < 4.78 is 20.8. The smallest absolute Gasteiger partial charge is 0.211 e. The molecule has 0 spiro atoms. The average molecular weight is 1900 g/mol. The summed E-state index contributed by atoms with van der Waals surface area (Å²) >= 11 is 0. The highest BCUT2D eigenvalue weighted by Crippen LogP contribution is 2.35. The van der Waals surface area contributed by atoms with Gasteiger partial charge in [0.15, 0.2) is 40.8 Å². The van der Waals surface area contributed by atoms with Crippen LogP contribution in [0.3, 0.4) is 0 Å². The van der Waals surface area contributed by atoms with E-state index in [0.29, 0.717) is 50.2 Å². The van der Waals surface area contributed by atoms with Crippen molar-refractivity contribution in [2.75, 3.05) is 81.9 Å². The highest BCUT2D eigenvalue weighted by Gasteiger charge is 2.21. The van der Waals surface area contributed by atoms with E-state index in [0.717, 1.165) is 217 Å². The zero-order valence-electron chi connectivity index (χ0n) is 80.2. The number of methoxy groups -OCH3 is 2. The number of ether oxygens (including phenoxy) is 4. The van der Waals surface area contributed by atoms with Gasteiger partial charge in [0.05, 0.1) is 116 Å². The van der Waals surface area contributed by atoms with E-state index in [1.807, 2.05) is 196 Å². The van der Waals surface area contributed by atoms with Gasteiger partial charge in [-0.3, -0.25) is 34.7 Å². The first-order chi connectivity index (χ1) is 70.1. The predicted molar refractivity (Wildman–Crippen MR) is 561 cm³/mol. The lowest BCUT2D eigenvalue weighted by atomic mass is 10.0. The van der Waals surface area contributed by atoms with Gasteiger partial charge in [0, 0.05) is 112 Å². The Balaban J connectivity index is 0.000000110. The molecule has 0 unspecified atom stereocenters. The number of aryl methyl sites for hydroxylation is 5. The van der Waals surface area contributed by atoms with E-state index < -0.39 is 0 Å². The second kappa shape index (κ2) is 45.9. The van der Waals surface area contributed by atoms with Gasteiger partial charge in [0.1, 0.15) is 64.6 Å². The zero-order valence-corrected chi connectivity index (χ0v) is 80.2. The largest absolute Gasteiger partial charge is 0.490 e. The Hall–Kier alpha value is -17.5. The van der Waals surface area contributed by atoms with Crippen molar-refractivity contribution >= 4 is 101 Å². The van der Waals surface area contributed by atoms with E-state index in [9.17, 15) is 9.90 Å². The quantitative estimate of drug-likeness (QED) is 0.0222. The Bertz CT molecular complexity index is 7960. The van der Waals surface area contributed by atoms with Crippen LogP contribution in [-0.4, -0.2) is 193 Å². The monoisotopic (exact) mass is 1900 g/mol. The Morgan fingerprint density at radius 3 is 1.20 bits per heavy atom. The fourth-order valence-electron chi connectivity index (χ4n) is 16.5. The number of imidazole rings is 7. The van der Waals surface area contributed by atoms with Crippen LogP contribution >= 0.6 is 0 Å². The summed E-state index contributed by atoms with van der Waals surface area (Å²) in [6, 6.07) is 74.9. The van der Waals surface area contributed by atoms with Crippen LogP contribution in [0.4, 0.5) is 17.1 Å². The molecule has 10 N–H and O–H groups in total. The number of nitrogens with zero attached hydrogens (tertiary/aromatic N) is 17. The summed E-state index contributed by atoms with van der Waals surface area (Å²) in [4.78, 5) is 105. The number of aromatic nitrogens is 22. The molecular weight excluding hydrogens is 1800 g/mol. The number of fused-ring (bicyclic) bond motifs is 7. The van der Waals surface area contributed by atoms with Gasteiger partial charge in [-0.05, 0) is 275 Å². The number of hydrogen-bond donors (Lipinski definition) is 10. The van der Waals surface area contributed by atoms with Gasteiger partial charge in [-0.15, -0.1) is 0 Å². The molecule has 0 aliphatic carbocycles. The molecule has 7 aromatic carbocycles. The average Bonchev–Trinajstić information content (AvgIpc) is 1.64. The fraction of sp³-hybridized carbons (Fsp3) is 0.189. The van der Waals surface area contributed by atoms with Gasteiger partial charge in [0.2, 0.25) is 6.41 Å². The summed E-state index contributed by atoms with van der Waals surface area (Å²) in [6.45, 7) is 17.1. The Labute approximate surface area is 823 Å². The molecule has 2 aliphatic rings. The van der Waals surface area contributed by atoms with Gasteiger partial charge >= 0.3 is 0 Å². The minimum Gasteiger partial charge on any atom is -0.490 e. The van der Waals surface area contributed by atoms with Crippen molar-refractivity contribution < 1.29 is 34.0 Å². The topological polar surface area (TPSA) is 417 Å². The van der Waals surface area contributed by atoms with Crippen LogP contribution in [-0.2, 0) is 27.5 Å². The summed E-state index contributed by atoms with van der Waals surface area (Å²) in [5.74, 6) is 6.79. The van der Waals surface area contributed by atoms with E-state index in [2.05, 4.69) is 196 Å². The molecule has 2 saturated heterocycles. The summed E-state index contributed by atoms with van der Waals surface area (Å²) in [7, 11) is 3.28. The second-order valence-corrected chi connectivity index (χ2v) is 34.4. The Morgan fingerprint density at radius 1 is 0.343 bits per heavy atom. The fourth-order valence-corrected chi connectivity index (χ4v) is 16.5. The van der Waals surface area contributed by atoms with Crippen LogP contribution in [0.25, 0.3) is 169 Å². The number of pyridine rings is 8. The number of aliphatic hydroxyl groups excluding tert-OH is 2. The van der Waals surface area contributed by atoms with Crippen molar-refractivity contribution in [2.45, 2.75) is 73.5 Å². The van der Waals surface area contributed by atoms with Crippen molar-refractivity contribution in [2.24, 2.45) is 0 Å². The van der Waals surface area contributed by atoms with E-state index in [-0.39, 0.29) is 13.2 Å². The number of carbonyl (C=O) groups is 1. The van der Waals surface area contributed by atoms with Gasteiger partial charge < -0.3 is 79.2 Å². The number of hydrogen-bond acceptors (Lipinski definition) is 24. The second-order valence-electron chi connectivity index (χ2n) is 34.4. The van der Waals surface area contributed by atoms with Crippen molar-refractivity contribution in [3.63, 3.8) is 0 Å². The summed E-state index contributed by atoms with van der Waals surface area (Å²) in [5, 5.41) is 20.9. The van der Waals surface area contributed by atoms with Gasteiger partial charge in [-0.1, -0.05) is 54.6 Å². The predicted octanol–water partition coefficient (Wildman–Crippen LogP) is 20.8. The van der Waals surface area contributed by atoms with E-state index >= 15 is 0 Å². The van der Waals surface area contributed by atoms with E-state index in [1.54, 1.807) is 57.5 Å². The highest BCUT2D eigenvalue weighted by molar-refractivity contribution is 5.95. The number of amides is 1. The van der Waals surface area contributed by atoms with Crippen molar-refractivity contribution in [1.29, 1.82) is 0 Å². The maximum Gasteiger partial charge on any atom is 0.211 e. The molecule has 22 aromatic rings. The normalized spacial score (nSPS) is 12.1. The maximum absolute atomic E-state index is 10.4. The minimum absolute atomic E-state index is 0.00997. The van der Waals surface area contributed by atoms with Crippen molar-refractivity contribution in [3.05, 3.63) is 325 Å². The molecule has 143 heavy (non-hydrogen) atoms. The molecule has 0 saturated carbocycles. The van der Waals surface area contributed by atoms with E-state index in [1.165, 1.54) is 53.7 Å². The molecule has 2 fully saturated rings. The van der Waals surface area contributed by atoms with Crippen molar-refractivity contribution in [1.82, 2.24) is 110 Å². The van der Waals surface area contributed by atoms with Crippen LogP contribution in [0.2, 0.25) is 0 Å². The van der Waals surface area contributed by atoms with Crippen LogP contribution in [0.1, 0.15) is 64.6 Å². The SMILES string of the molecule is COCCOc1ccc(-c2nc3ccc(C)cc3[nH]2)nc1.COCCOc1ccc(-c2nc3ccc(CO)cc3[nH]2)nc1.Cc1cc(-c2cccnc2)c2nc(-c3ccccn3)[nH]c2c1.Cc1cc2[nH]c(-c3ccccn3)nc2cc1N1CCCC1.Cc1ccc(-c2nc3ccc(CO)cc3[nH]2)nc1.Cc1ccc(-c2nc3ccc(N4CCCC4)cc3[nH]2)nc1.O=CNc1ccc2nc(-c3ccccn3)[nH]c2c1. The van der Waals surface area contributed by atoms with Crippen LogP contribution in [0, 0.1) is 34.6 Å². The molecule has 0 radical (unpaired) electrons. The number of aromatic amines is 7. The standard InChI is InChI=1S/C18H14N4.2C17H18N4.C16H17N3O3.C16H17N3O2.C14H13N3O.C13H10N4O/c1-12-9-14(13-5-4-7-19-11-13)17-16(10-12)21-18(22-17)15-6-2-3-8-20-15;1-12-4-6-15(18-11-12)17-19-14-7-5-13(10-16(14)20-17)21-8-2-3-9-21;1-12-10-14-15(11-16(12)21-8-4-5-9-21)20-17(19-14)13-6-2-3-7-18-13;1-21-6-7-22-12-3-5-14(17-9-12)16-18-13-4-2-11(10-20)8-15(13)19-16;1-11-3-5-13-15(9-11)19-16(18-13)14-6-4-12(10-17-14)21-8-7-20-2;1-9-2-4-12(15-7-9)14-16-11-5-3-10(8-18)6-13(11)17-14;18-8-15-9-4-5-10-12(7-9)17-13(16-10)11-3-1-2-6-14-11/h2-11H,1H3,(H,21,22);4-7,10-11H,2-3,8-9H2,1H3,(H,19,20);2-3,6-7,10-11H,4-5,8-9H2,1H3,(H,19,20);2-5,8-9,20H,6-7,10H2,1H3,(H,18,19);3-6,9-10H,7-8H2,1-2H3,(H,18,19);2-7,18H,8H2,1H3,(H,16,17);1-8H,(H,15,18)(H,16,17). The molecule has 32 heteroatoms. The van der Waals surface area contributed by atoms with Gasteiger partial charge in [-0.25, -0.2) is 44.9 Å². The van der Waals surface area contributed by atoms with Crippen LogP contribution in [0.15, 0.2) is 286 Å². The number of nitrogens with one attached hydrogen (secondary N) is 8. The molecule has 0 bridgehead atoms. The third-order valence-corrected chi connectivity index (χ3v) is 23.8. The molecule has 1 amide bonds. The summed E-state index contributed by atoms with van der Waals surface area (Å²) in [6.07, 6.45) is 21.8. The number of aliphatic hydroxyl groups is 2. The molecule has 24 rings (SSSR count). The first-order valence-electron chi connectivity index (χ1n) is 47.1. The molecule has 17 heterocycles. The number of benzene rings is 7. The minimum atomic E-state index is 0.00997. The molecule has 718 valence electrons. The lowest BCUT2D eigenvalue weighted by Gasteiger charge is -2.19. The van der Waals surface area contributed by atoms with Crippen molar-refractivity contribution in [3.8, 4) is 103 Å². The third kappa shape index (κ3) is 24.1. The molecule has 2 aliphatic heterocycles. The number of carbonyl (C=O) groups excluding carboxylic acids is 1. The molecule has 15 aromatic heterocycles. The number of rotatable bonds is 22. The number of anilines is 3. The lowest BCUT2D eigenvalue weighted by Crippen LogP contribution is -2.18. The Morgan fingerprint density at radius 2 is 0.755 bits per heavy atom. The first-order valence-corrected chi connectivity index (χ1v) is 47.1. The highest BCUT2D eigenvalue weighted by atomic mass is 16.5. The zero-order chi connectivity index (χ0) is 98.3. The third-order valence-electron chi connectivity index (χ3n) is 23.8. The van der Waals surface area contributed by atoms with Gasteiger partial charge in [0.25, 0.3) is 0 Å². The lowest BCUT2D eigenvalue weighted by molar-refractivity contribution is -0.105. The maximum atomic E-state index is 10.4. The molecule has 32 nitrogen and oxygen atoms in total. The number of H-pyrrole nitrogens is 7. The van der Waals surface area contributed by atoms with Crippen LogP contribution < -0.4 is 24.6 Å². The molecular formula is C111H107N25O7. The van der Waals surface area contributed by atoms with Crippen LogP contribution in [0.5, 0.6) is 11.5 Å². The first kappa shape index (κ1) is 95.8. The Kier molecular flexibility index (Phi) is 30.7. The van der Waals surface area contributed by atoms with E-state index in [4.69, 9.17) is 34.0 Å².